The molecule has 5 rings (SSSR count). The zero-order chi connectivity index (χ0) is 25.6. The van der Waals surface area contributed by atoms with Gasteiger partial charge in [-0.2, -0.15) is 0 Å². The standard InChI is InChI=1S/C30H29N3O3S/c1-3-21-10-13-25(14-11-21)35-19-28-31-32-30(33(28)18-23-8-6-5-7-9-23)37-20-24-17-29(34)36-27-16-22(4-2)12-15-26(24)27/h5-17H,3-4,18-20H2,1-2H3. The number of hydrogen-bond acceptors (Lipinski definition) is 6. The van der Waals surface area contributed by atoms with E-state index in [-0.39, 0.29) is 5.63 Å². The van der Waals surface area contributed by atoms with Crippen molar-refractivity contribution in [2.45, 2.75) is 50.8 Å². The van der Waals surface area contributed by atoms with Crippen molar-refractivity contribution < 1.29 is 9.15 Å². The van der Waals surface area contributed by atoms with E-state index in [1.807, 2.05) is 42.5 Å². The number of fused-ring (bicyclic) bond motifs is 1. The molecule has 0 bridgehead atoms. The lowest BCUT2D eigenvalue weighted by Crippen LogP contribution is -2.09. The van der Waals surface area contributed by atoms with Crippen LogP contribution in [0.15, 0.2) is 93.2 Å². The monoisotopic (exact) mass is 511 g/mol. The zero-order valence-corrected chi connectivity index (χ0v) is 21.8. The molecule has 7 heteroatoms. The van der Waals surface area contributed by atoms with Crippen molar-refractivity contribution >= 4 is 22.7 Å². The van der Waals surface area contributed by atoms with Crippen LogP contribution in [0.25, 0.3) is 11.0 Å². The highest BCUT2D eigenvalue weighted by Crippen LogP contribution is 2.28. The molecule has 5 aromatic rings. The van der Waals surface area contributed by atoms with Gasteiger partial charge in [0.15, 0.2) is 11.0 Å². The summed E-state index contributed by atoms with van der Waals surface area (Å²) in [5, 5.41) is 10.7. The average Bonchev–Trinajstić information content (AvgIpc) is 3.31. The van der Waals surface area contributed by atoms with Crippen LogP contribution in [0.5, 0.6) is 5.75 Å². The van der Waals surface area contributed by atoms with Gasteiger partial charge in [0.05, 0.1) is 6.54 Å². The SMILES string of the molecule is CCc1ccc(OCc2nnc(SCc3cc(=O)oc4cc(CC)ccc34)n2Cc2ccccc2)cc1. The second-order valence-electron chi connectivity index (χ2n) is 8.82. The van der Waals surface area contributed by atoms with Gasteiger partial charge in [-0.05, 0) is 53.3 Å². The highest BCUT2D eigenvalue weighted by atomic mass is 32.2. The first-order valence-corrected chi connectivity index (χ1v) is 13.5. The molecular weight excluding hydrogens is 482 g/mol. The lowest BCUT2D eigenvalue weighted by atomic mass is 10.1. The van der Waals surface area contributed by atoms with Crippen molar-refractivity contribution in [1.29, 1.82) is 0 Å². The highest BCUT2D eigenvalue weighted by Gasteiger charge is 2.16. The number of hydrogen-bond donors (Lipinski definition) is 0. The fraction of sp³-hybridized carbons (Fsp3) is 0.233. The summed E-state index contributed by atoms with van der Waals surface area (Å²) in [7, 11) is 0. The first-order valence-electron chi connectivity index (χ1n) is 12.5. The van der Waals surface area contributed by atoms with Gasteiger partial charge in [0, 0.05) is 17.2 Å². The van der Waals surface area contributed by atoms with E-state index >= 15 is 0 Å². The van der Waals surface area contributed by atoms with Crippen LogP contribution < -0.4 is 10.4 Å². The Balaban J connectivity index is 1.40. The zero-order valence-electron chi connectivity index (χ0n) is 21.0. The minimum absolute atomic E-state index is 0.309. The molecule has 0 saturated heterocycles. The van der Waals surface area contributed by atoms with E-state index in [1.54, 1.807) is 17.8 Å². The second kappa shape index (κ2) is 11.5. The molecule has 188 valence electrons. The number of nitrogens with zero attached hydrogens (tertiary/aromatic N) is 3. The van der Waals surface area contributed by atoms with Crippen molar-refractivity contribution in [3.05, 3.63) is 117 Å². The molecule has 37 heavy (non-hydrogen) atoms. The van der Waals surface area contributed by atoms with Gasteiger partial charge in [-0.25, -0.2) is 4.79 Å². The first-order chi connectivity index (χ1) is 18.1. The Morgan fingerprint density at radius 1 is 0.865 bits per heavy atom. The third-order valence-corrected chi connectivity index (χ3v) is 7.35. The van der Waals surface area contributed by atoms with Crippen molar-refractivity contribution in [3.63, 3.8) is 0 Å². The number of thioether (sulfide) groups is 1. The predicted octanol–water partition coefficient (Wildman–Crippen LogP) is 6.43. The Kier molecular flexibility index (Phi) is 7.70. The maximum atomic E-state index is 12.3. The molecule has 0 fully saturated rings. The quantitative estimate of drug-likeness (QED) is 0.159. The van der Waals surface area contributed by atoms with Crippen molar-refractivity contribution in [3.8, 4) is 5.75 Å². The largest absolute Gasteiger partial charge is 0.486 e. The first kappa shape index (κ1) is 24.8. The second-order valence-corrected chi connectivity index (χ2v) is 9.76. The van der Waals surface area contributed by atoms with E-state index < -0.39 is 0 Å². The summed E-state index contributed by atoms with van der Waals surface area (Å²) in [6.45, 7) is 5.15. The number of rotatable bonds is 10. The topological polar surface area (TPSA) is 70.2 Å². The molecule has 0 atom stereocenters. The number of ether oxygens (including phenoxy) is 1. The van der Waals surface area contributed by atoms with Crippen molar-refractivity contribution in [2.24, 2.45) is 0 Å². The molecule has 0 aliphatic heterocycles. The normalized spacial score (nSPS) is 11.2. The summed E-state index contributed by atoms with van der Waals surface area (Å²) in [6, 6.07) is 26.0. The fourth-order valence-electron chi connectivity index (χ4n) is 4.18. The Morgan fingerprint density at radius 3 is 2.38 bits per heavy atom. The van der Waals surface area contributed by atoms with Crippen LogP contribution in [0.3, 0.4) is 0 Å². The molecule has 0 N–H and O–H groups in total. The third-order valence-electron chi connectivity index (χ3n) is 6.34. The smallest absolute Gasteiger partial charge is 0.336 e. The van der Waals surface area contributed by atoms with Crippen molar-refractivity contribution in [1.82, 2.24) is 14.8 Å². The molecule has 0 aliphatic carbocycles. The van der Waals surface area contributed by atoms with Crippen LogP contribution in [-0.4, -0.2) is 14.8 Å². The fourth-order valence-corrected chi connectivity index (χ4v) is 5.13. The van der Waals surface area contributed by atoms with E-state index in [1.165, 1.54) is 5.56 Å². The van der Waals surface area contributed by atoms with Crippen molar-refractivity contribution in [2.75, 3.05) is 0 Å². The van der Waals surface area contributed by atoms with E-state index in [0.29, 0.717) is 24.5 Å². The summed E-state index contributed by atoms with van der Waals surface area (Å²) < 4.78 is 13.6. The number of aromatic nitrogens is 3. The molecule has 2 heterocycles. The number of benzene rings is 3. The molecule has 0 radical (unpaired) electrons. The summed E-state index contributed by atoms with van der Waals surface area (Å²) >= 11 is 1.55. The molecule has 0 unspecified atom stereocenters. The van der Waals surface area contributed by atoms with E-state index in [0.717, 1.165) is 51.6 Å². The molecule has 0 spiro atoms. The van der Waals surface area contributed by atoms with Crippen LogP contribution in [0.1, 0.15) is 41.9 Å². The van der Waals surface area contributed by atoms with Crippen LogP contribution in [-0.2, 0) is 31.7 Å². The summed E-state index contributed by atoms with van der Waals surface area (Å²) in [6.07, 6.45) is 1.87. The van der Waals surface area contributed by atoms with Crippen LogP contribution >= 0.6 is 11.8 Å². The van der Waals surface area contributed by atoms with Gasteiger partial charge in [0.2, 0.25) is 0 Å². The van der Waals surface area contributed by atoms with Crippen LogP contribution in [0.4, 0.5) is 0 Å². The predicted molar refractivity (Wildman–Crippen MR) is 147 cm³/mol. The van der Waals surface area contributed by atoms with Crippen LogP contribution in [0, 0.1) is 0 Å². The molecule has 3 aromatic carbocycles. The highest BCUT2D eigenvalue weighted by molar-refractivity contribution is 7.98. The molecule has 0 aliphatic rings. The third kappa shape index (κ3) is 5.94. The Labute approximate surface area is 220 Å². The molecular formula is C30H29N3O3S. The molecule has 6 nitrogen and oxygen atoms in total. The maximum absolute atomic E-state index is 12.3. The Morgan fingerprint density at radius 2 is 1.62 bits per heavy atom. The average molecular weight is 512 g/mol. The van der Waals surface area contributed by atoms with Crippen LogP contribution in [0.2, 0.25) is 0 Å². The van der Waals surface area contributed by atoms with Gasteiger partial charge in [-0.3, -0.25) is 4.57 Å². The van der Waals surface area contributed by atoms with Gasteiger partial charge in [0.25, 0.3) is 0 Å². The Bertz CT molecular complexity index is 1540. The number of aryl methyl sites for hydroxylation is 2. The van der Waals surface area contributed by atoms with Gasteiger partial charge >= 0.3 is 5.63 Å². The lowest BCUT2D eigenvalue weighted by molar-refractivity contribution is 0.289. The lowest BCUT2D eigenvalue weighted by Gasteiger charge is -2.12. The van der Waals surface area contributed by atoms with E-state index in [4.69, 9.17) is 9.15 Å². The van der Waals surface area contributed by atoms with Gasteiger partial charge in [-0.15, -0.1) is 10.2 Å². The maximum Gasteiger partial charge on any atom is 0.336 e. The van der Waals surface area contributed by atoms with E-state index in [2.05, 4.69) is 58.9 Å². The minimum Gasteiger partial charge on any atom is -0.486 e. The molecule has 0 saturated carbocycles. The van der Waals surface area contributed by atoms with Gasteiger partial charge in [0.1, 0.15) is 17.9 Å². The summed E-state index contributed by atoms with van der Waals surface area (Å²) in [4.78, 5) is 12.3. The molecule has 2 aromatic heterocycles. The summed E-state index contributed by atoms with van der Waals surface area (Å²) in [5.74, 6) is 2.12. The minimum atomic E-state index is -0.342. The molecule has 0 amide bonds. The summed E-state index contributed by atoms with van der Waals surface area (Å²) in [5.41, 5.74) is 4.75. The Hall–Kier alpha value is -3.84. The van der Waals surface area contributed by atoms with Gasteiger partial charge in [-0.1, -0.05) is 80.2 Å². The van der Waals surface area contributed by atoms with Gasteiger partial charge < -0.3 is 9.15 Å². The van der Waals surface area contributed by atoms with E-state index in [9.17, 15) is 4.79 Å².